The van der Waals surface area contributed by atoms with Gasteiger partial charge >= 0.3 is 0 Å². The van der Waals surface area contributed by atoms with Crippen molar-refractivity contribution in [3.63, 3.8) is 0 Å². The summed E-state index contributed by atoms with van der Waals surface area (Å²) in [6, 6.07) is 16.5. The molecule has 0 spiro atoms. The van der Waals surface area contributed by atoms with E-state index in [4.69, 9.17) is 0 Å². The minimum Gasteiger partial charge on any atom is -0.353 e. The third-order valence-corrected chi connectivity index (χ3v) is 4.67. The predicted octanol–water partition coefficient (Wildman–Crippen LogP) is 3.51. The maximum atomic E-state index is 13.5. The number of para-hydroxylation sites is 1. The molecule has 4 nitrogen and oxygen atoms in total. The van der Waals surface area contributed by atoms with Crippen molar-refractivity contribution in [2.75, 3.05) is 20.6 Å². The van der Waals surface area contributed by atoms with Gasteiger partial charge in [0.05, 0.1) is 6.04 Å². The summed E-state index contributed by atoms with van der Waals surface area (Å²) < 4.78 is 15.5. The minimum atomic E-state index is -0.268. The maximum absolute atomic E-state index is 13.5. The van der Waals surface area contributed by atoms with Crippen molar-refractivity contribution in [1.82, 2.24) is 14.8 Å². The van der Waals surface area contributed by atoms with Crippen molar-refractivity contribution < 1.29 is 9.18 Å². The van der Waals surface area contributed by atoms with Crippen LogP contribution in [0.15, 0.2) is 54.6 Å². The SMILES string of the molecule is Cc1cc2ccccc2n1CC(=O)NCC(c1cccc(F)c1)N(C)C. The van der Waals surface area contributed by atoms with Crippen LogP contribution in [0.2, 0.25) is 0 Å². The summed E-state index contributed by atoms with van der Waals surface area (Å²) in [5, 5.41) is 4.12. The van der Waals surface area contributed by atoms with Gasteiger partial charge in [-0.2, -0.15) is 0 Å². The number of aromatic nitrogens is 1. The molecule has 1 unspecified atom stereocenters. The Hall–Kier alpha value is -2.66. The molecule has 2 aromatic carbocycles. The molecule has 0 saturated carbocycles. The van der Waals surface area contributed by atoms with E-state index >= 15 is 0 Å². The van der Waals surface area contributed by atoms with Gasteiger partial charge in [-0.25, -0.2) is 4.39 Å². The van der Waals surface area contributed by atoms with Crippen LogP contribution in [0.4, 0.5) is 4.39 Å². The molecular weight excluding hydrogens is 329 g/mol. The van der Waals surface area contributed by atoms with Crippen LogP contribution in [0, 0.1) is 12.7 Å². The van der Waals surface area contributed by atoms with E-state index in [-0.39, 0.29) is 24.3 Å². The van der Waals surface area contributed by atoms with Gasteiger partial charge in [0.15, 0.2) is 0 Å². The zero-order valence-corrected chi connectivity index (χ0v) is 15.4. The molecule has 0 aliphatic heterocycles. The molecule has 26 heavy (non-hydrogen) atoms. The van der Waals surface area contributed by atoms with Crippen LogP contribution < -0.4 is 5.32 Å². The number of hydrogen-bond acceptors (Lipinski definition) is 2. The number of amides is 1. The number of carbonyl (C=O) groups excluding carboxylic acids is 1. The lowest BCUT2D eigenvalue weighted by molar-refractivity contribution is -0.121. The summed E-state index contributed by atoms with van der Waals surface area (Å²) in [6.07, 6.45) is 0. The van der Waals surface area contributed by atoms with E-state index in [0.29, 0.717) is 6.54 Å². The van der Waals surface area contributed by atoms with Gasteiger partial charge in [-0.1, -0.05) is 30.3 Å². The molecule has 3 rings (SSSR count). The van der Waals surface area contributed by atoms with Gasteiger partial charge in [-0.15, -0.1) is 0 Å². The Kier molecular flexibility index (Phi) is 5.38. The first-order valence-electron chi connectivity index (χ1n) is 8.69. The molecular formula is C21H24FN3O. The molecule has 0 radical (unpaired) electrons. The highest BCUT2D eigenvalue weighted by molar-refractivity contribution is 5.84. The van der Waals surface area contributed by atoms with Crippen LogP contribution in [-0.4, -0.2) is 36.0 Å². The number of carbonyl (C=O) groups is 1. The largest absolute Gasteiger partial charge is 0.353 e. The van der Waals surface area contributed by atoms with E-state index in [9.17, 15) is 9.18 Å². The molecule has 0 saturated heterocycles. The van der Waals surface area contributed by atoms with Crippen LogP contribution >= 0.6 is 0 Å². The lowest BCUT2D eigenvalue weighted by Crippen LogP contribution is -2.36. The van der Waals surface area contributed by atoms with Gasteiger partial charge in [-0.05, 0) is 56.2 Å². The summed E-state index contributed by atoms with van der Waals surface area (Å²) in [5.74, 6) is -0.326. The highest BCUT2D eigenvalue weighted by Gasteiger charge is 2.16. The van der Waals surface area contributed by atoms with Crippen LogP contribution in [0.1, 0.15) is 17.3 Å². The first-order valence-corrected chi connectivity index (χ1v) is 8.69. The molecule has 1 aromatic heterocycles. The summed E-state index contributed by atoms with van der Waals surface area (Å²) in [7, 11) is 3.84. The van der Waals surface area contributed by atoms with Gasteiger partial charge < -0.3 is 14.8 Å². The standard InChI is InChI=1S/C21H24FN3O/c1-15-11-16-7-4-5-10-19(16)25(15)14-21(26)23-13-20(24(2)3)17-8-6-9-18(22)12-17/h4-12,20H,13-14H2,1-3H3,(H,23,26). The summed E-state index contributed by atoms with van der Waals surface area (Å²) in [6.45, 7) is 2.69. The smallest absolute Gasteiger partial charge is 0.240 e. The molecule has 136 valence electrons. The quantitative estimate of drug-likeness (QED) is 0.736. The lowest BCUT2D eigenvalue weighted by atomic mass is 10.1. The second-order valence-electron chi connectivity index (χ2n) is 6.77. The Balaban J connectivity index is 1.70. The normalized spacial score (nSPS) is 12.5. The van der Waals surface area contributed by atoms with Crippen molar-refractivity contribution in [3.05, 3.63) is 71.7 Å². The second-order valence-corrected chi connectivity index (χ2v) is 6.77. The van der Waals surface area contributed by atoms with E-state index in [1.807, 2.05) is 60.8 Å². The average Bonchev–Trinajstić information content (AvgIpc) is 2.90. The van der Waals surface area contributed by atoms with E-state index < -0.39 is 0 Å². The number of hydrogen-bond donors (Lipinski definition) is 1. The summed E-state index contributed by atoms with van der Waals surface area (Å²) in [4.78, 5) is 14.5. The van der Waals surface area contributed by atoms with Crippen molar-refractivity contribution in [2.45, 2.75) is 19.5 Å². The number of nitrogens with zero attached hydrogens (tertiary/aromatic N) is 2. The number of halogens is 1. The molecule has 1 atom stereocenters. The fourth-order valence-electron chi connectivity index (χ4n) is 3.28. The van der Waals surface area contributed by atoms with Crippen molar-refractivity contribution in [3.8, 4) is 0 Å². The molecule has 3 aromatic rings. The number of rotatable bonds is 6. The van der Waals surface area contributed by atoms with Gasteiger partial charge in [-0.3, -0.25) is 4.79 Å². The second kappa shape index (κ2) is 7.70. The van der Waals surface area contributed by atoms with Crippen LogP contribution in [0.3, 0.4) is 0 Å². The molecule has 1 N–H and O–H groups in total. The minimum absolute atomic E-state index is 0.0577. The van der Waals surface area contributed by atoms with E-state index in [0.717, 1.165) is 22.2 Å². The number of likely N-dealkylation sites (N-methyl/N-ethyl adjacent to an activating group) is 1. The first-order chi connectivity index (χ1) is 12.5. The number of fused-ring (bicyclic) bond motifs is 1. The maximum Gasteiger partial charge on any atom is 0.240 e. The fraction of sp³-hybridized carbons (Fsp3) is 0.286. The Morgan fingerprint density at radius 2 is 1.92 bits per heavy atom. The topological polar surface area (TPSA) is 37.3 Å². The predicted molar refractivity (Wildman–Crippen MR) is 103 cm³/mol. The number of aryl methyl sites for hydroxylation is 1. The van der Waals surface area contributed by atoms with E-state index in [2.05, 4.69) is 11.4 Å². The van der Waals surface area contributed by atoms with E-state index in [1.165, 1.54) is 12.1 Å². The highest BCUT2D eigenvalue weighted by atomic mass is 19.1. The van der Waals surface area contributed by atoms with Crippen molar-refractivity contribution in [2.24, 2.45) is 0 Å². The van der Waals surface area contributed by atoms with Crippen molar-refractivity contribution >= 4 is 16.8 Å². The molecule has 1 amide bonds. The van der Waals surface area contributed by atoms with Crippen molar-refractivity contribution in [1.29, 1.82) is 0 Å². The molecule has 0 fully saturated rings. The van der Waals surface area contributed by atoms with Gasteiger partial charge in [0, 0.05) is 17.8 Å². The number of benzene rings is 2. The monoisotopic (exact) mass is 353 g/mol. The van der Waals surface area contributed by atoms with Gasteiger partial charge in [0.1, 0.15) is 12.4 Å². The Labute approximate surface area is 153 Å². The molecule has 1 heterocycles. The Bertz CT molecular complexity index is 917. The zero-order chi connectivity index (χ0) is 18.7. The fourth-order valence-corrected chi connectivity index (χ4v) is 3.28. The third kappa shape index (κ3) is 3.94. The van der Waals surface area contributed by atoms with Crippen LogP contribution in [-0.2, 0) is 11.3 Å². The third-order valence-electron chi connectivity index (χ3n) is 4.67. The summed E-state index contributed by atoms with van der Waals surface area (Å²) in [5.41, 5.74) is 2.95. The first kappa shape index (κ1) is 18.1. The molecule has 5 heteroatoms. The summed E-state index contributed by atoms with van der Waals surface area (Å²) >= 11 is 0. The van der Waals surface area contributed by atoms with Gasteiger partial charge in [0.25, 0.3) is 0 Å². The Morgan fingerprint density at radius 3 is 2.65 bits per heavy atom. The Morgan fingerprint density at radius 1 is 1.15 bits per heavy atom. The lowest BCUT2D eigenvalue weighted by Gasteiger charge is -2.25. The number of nitrogens with one attached hydrogen (secondary N) is 1. The van der Waals surface area contributed by atoms with E-state index in [1.54, 1.807) is 6.07 Å². The van der Waals surface area contributed by atoms with Gasteiger partial charge in [0.2, 0.25) is 5.91 Å². The highest BCUT2D eigenvalue weighted by Crippen LogP contribution is 2.20. The zero-order valence-electron chi connectivity index (χ0n) is 15.4. The van der Waals surface area contributed by atoms with Crippen LogP contribution in [0.25, 0.3) is 10.9 Å². The molecule has 0 bridgehead atoms. The average molecular weight is 353 g/mol. The molecule has 0 aliphatic carbocycles. The molecule has 0 aliphatic rings. The van der Waals surface area contributed by atoms with Crippen LogP contribution in [0.5, 0.6) is 0 Å².